The average molecular weight is 337 g/mol. The predicted octanol–water partition coefficient (Wildman–Crippen LogP) is 4.33. The molecule has 0 bridgehead atoms. The number of hydrogen-bond donors (Lipinski definition) is 1. The highest BCUT2D eigenvalue weighted by molar-refractivity contribution is 8.76. The van der Waals surface area contributed by atoms with Crippen LogP contribution in [0.1, 0.15) is 25.7 Å². The van der Waals surface area contributed by atoms with Crippen molar-refractivity contribution in [2.75, 3.05) is 19.0 Å². The molecule has 0 aliphatic heterocycles. The van der Waals surface area contributed by atoms with Crippen molar-refractivity contribution in [3.8, 4) is 0 Å². The minimum atomic E-state index is -2.45. The summed E-state index contributed by atoms with van der Waals surface area (Å²) in [6, 6.07) is 5.96. The molecule has 0 spiro atoms. The van der Waals surface area contributed by atoms with Gasteiger partial charge in [0.2, 0.25) is 0 Å². The number of nitrogens with zero attached hydrogens (tertiary/aromatic N) is 1. The standard InChI is InChI=1S/C12H20NO2PS3/c1-16(14,17)15-10-6-2-3-7-11-18-19-12-8-4-5-9-13-12/h4-5,8-9H,2-3,6-7,10-11H2,1H3,(H,14,17). The maximum Gasteiger partial charge on any atom is 0.183 e. The van der Waals surface area contributed by atoms with Crippen LogP contribution in [0.4, 0.5) is 0 Å². The Morgan fingerprint density at radius 1 is 1.32 bits per heavy atom. The molecule has 0 aliphatic rings. The smallest absolute Gasteiger partial charge is 0.183 e. The van der Waals surface area contributed by atoms with Gasteiger partial charge in [0.05, 0.1) is 6.61 Å². The Kier molecular flexibility index (Phi) is 9.37. The quantitative estimate of drug-likeness (QED) is 0.389. The van der Waals surface area contributed by atoms with Gasteiger partial charge in [0.25, 0.3) is 0 Å². The number of rotatable bonds is 10. The molecule has 3 nitrogen and oxygen atoms in total. The molecule has 0 aromatic carbocycles. The molecular formula is C12H20NO2PS3. The Morgan fingerprint density at radius 2 is 2.11 bits per heavy atom. The lowest BCUT2D eigenvalue weighted by molar-refractivity contribution is 0.300. The highest BCUT2D eigenvalue weighted by Crippen LogP contribution is 2.37. The molecule has 1 atom stereocenters. The fraction of sp³-hybridized carbons (Fsp3) is 0.583. The second kappa shape index (κ2) is 10.2. The number of unbranched alkanes of at least 4 members (excludes halogenated alkanes) is 3. The molecule has 1 N–H and O–H groups in total. The molecule has 7 heteroatoms. The first-order chi connectivity index (χ1) is 9.08. The molecule has 1 aromatic rings. The molecule has 0 fully saturated rings. The summed E-state index contributed by atoms with van der Waals surface area (Å²) in [5.41, 5.74) is 0. The van der Waals surface area contributed by atoms with Gasteiger partial charge in [-0.25, -0.2) is 4.98 Å². The third kappa shape index (κ3) is 10.8. The monoisotopic (exact) mass is 337 g/mol. The van der Waals surface area contributed by atoms with Crippen LogP contribution in [0.15, 0.2) is 29.4 Å². The maximum atomic E-state index is 9.29. The van der Waals surface area contributed by atoms with E-state index in [0.29, 0.717) is 6.61 Å². The van der Waals surface area contributed by atoms with Gasteiger partial charge in [0.15, 0.2) is 6.49 Å². The molecule has 1 rings (SSSR count). The van der Waals surface area contributed by atoms with Crippen molar-refractivity contribution in [2.24, 2.45) is 0 Å². The summed E-state index contributed by atoms with van der Waals surface area (Å²) < 4.78 is 5.18. The van der Waals surface area contributed by atoms with Gasteiger partial charge in [-0.15, -0.1) is 0 Å². The molecule has 0 amide bonds. The second-order valence-corrected chi connectivity index (χ2v) is 10.5. The van der Waals surface area contributed by atoms with E-state index >= 15 is 0 Å². The van der Waals surface area contributed by atoms with Crippen LogP contribution >= 0.6 is 28.1 Å². The third-order valence-corrected chi connectivity index (χ3v) is 5.56. The van der Waals surface area contributed by atoms with Crippen molar-refractivity contribution in [3.63, 3.8) is 0 Å². The first kappa shape index (κ1) is 17.5. The second-order valence-electron chi connectivity index (χ2n) is 4.12. The first-order valence-corrected chi connectivity index (χ1v) is 11.7. The fourth-order valence-electron chi connectivity index (χ4n) is 1.35. The number of pyridine rings is 1. The Balaban J connectivity index is 1.88. The van der Waals surface area contributed by atoms with Gasteiger partial charge in [-0.2, -0.15) is 0 Å². The van der Waals surface area contributed by atoms with Crippen LogP contribution in [0, 0.1) is 0 Å². The van der Waals surface area contributed by atoms with Crippen LogP contribution in [0.25, 0.3) is 0 Å². The topological polar surface area (TPSA) is 42.4 Å². The van der Waals surface area contributed by atoms with E-state index in [4.69, 9.17) is 16.3 Å². The fourth-order valence-corrected chi connectivity index (χ4v) is 4.07. The molecule has 19 heavy (non-hydrogen) atoms. The lowest BCUT2D eigenvalue weighted by Crippen LogP contribution is -1.91. The summed E-state index contributed by atoms with van der Waals surface area (Å²) in [4.78, 5) is 13.5. The van der Waals surface area contributed by atoms with E-state index in [0.717, 1.165) is 23.6 Å². The zero-order valence-corrected chi connectivity index (χ0v) is 14.4. The molecule has 0 saturated heterocycles. The molecule has 1 unspecified atom stereocenters. The predicted molar refractivity (Wildman–Crippen MR) is 89.4 cm³/mol. The third-order valence-electron chi connectivity index (χ3n) is 2.23. The van der Waals surface area contributed by atoms with Gasteiger partial charge < -0.3 is 9.42 Å². The van der Waals surface area contributed by atoms with E-state index in [2.05, 4.69) is 4.98 Å². The molecular weight excluding hydrogens is 317 g/mol. The van der Waals surface area contributed by atoms with Crippen molar-refractivity contribution in [3.05, 3.63) is 24.4 Å². The Morgan fingerprint density at radius 3 is 2.79 bits per heavy atom. The number of aromatic nitrogens is 1. The van der Waals surface area contributed by atoms with Crippen molar-refractivity contribution in [2.45, 2.75) is 30.7 Å². The normalized spacial score (nSPS) is 14.2. The first-order valence-electron chi connectivity index (χ1n) is 6.23. The van der Waals surface area contributed by atoms with Gasteiger partial charge in [-0.1, -0.05) is 29.7 Å². The Labute approximate surface area is 128 Å². The minimum absolute atomic E-state index is 0.583. The molecule has 0 radical (unpaired) electrons. The lowest BCUT2D eigenvalue weighted by Gasteiger charge is -2.09. The van der Waals surface area contributed by atoms with Crippen LogP contribution in [0.5, 0.6) is 0 Å². The zero-order chi connectivity index (χ0) is 14.0. The lowest BCUT2D eigenvalue weighted by atomic mass is 10.2. The summed E-state index contributed by atoms with van der Waals surface area (Å²) in [5, 5.41) is 1.07. The Bertz CT molecular complexity index is 386. The average Bonchev–Trinajstić information content (AvgIpc) is 2.37. The molecule has 108 valence electrons. The van der Waals surface area contributed by atoms with Crippen molar-refractivity contribution in [1.29, 1.82) is 0 Å². The van der Waals surface area contributed by atoms with E-state index in [-0.39, 0.29) is 0 Å². The van der Waals surface area contributed by atoms with Crippen LogP contribution in [0.3, 0.4) is 0 Å². The van der Waals surface area contributed by atoms with Crippen LogP contribution < -0.4 is 0 Å². The van der Waals surface area contributed by atoms with Crippen molar-refractivity contribution < 1.29 is 9.42 Å². The summed E-state index contributed by atoms with van der Waals surface area (Å²) in [5.74, 6) is 1.13. The Hall–Kier alpha value is 0.420. The largest absolute Gasteiger partial charge is 0.345 e. The van der Waals surface area contributed by atoms with Gasteiger partial charge in [-0.05, 0) is 47.6 Å². The van der Waals surface area contributed by atoms with E-state index in [1.54, 1.807) is 17.5 Å². The molecule has 1 heterocycles. The van der Waals surface area contributed by atoms with E-state index in [1.165, 1.54) is 12.8 Å². The number of hydrogen-bond acceptors (Lipinski definition) is 5. The molecule has 0 aliphatic carbocycles. The summed E-state index contributed by atoms with van der Waals surface area (Å²) in [6.07, 6.45) is 6.32. The van der Waals surface area contributed by atoms with Gasteiger partial charge >= 0.3 is 0 Å². The van der Waals surface area contributed by atoms with E-state index in [9.17, 15) is 4.89 Å². The van der Waals surface area contributed by atoms with Crippen LogP contribution in [-0.4, -0.2) is 28.9 Å². The maximum absolute atomic E-state index is 9.29. The van der Waals surface area contributed by atoms with Gasteiger partial charge in [0, 0.05) is 18.6 Å². The zero-order valence-electron chi connectivity index (χ0n) is 11.0. The summed E-state index contributed by atoms with van der Waals surface area (Å²) >= 11 is 4.80. The van der Waals surface area contributed by atoms with Crippen LogP contribution in [0.2, 0.25) is 0 Å². The molecule has 1 aromatic heterocycles. The summed E-state index contributed by atoms with van der Waals surface area (Å²) in [7, 11) is 3.58. The van der Waals surface area contributed by atoms with Crippen molar-refractivity contribution in [1.82, 2.24) is 4.98 Å². The van der Waals surface area contributed by atoms with Crippen LogP contribution in [-0.2, 0) is 16.3 Å². The highest BCUT2D eigenvalue weighted by Gasteiger charge is 2.03. The van der Waals surface area contributed by atoms with Gasteiger partial charge in [-0.3, -0.25) is 0 Å². The van der Waals surface area contributed by atoms with E-state index in [1.807, 2.05) is 35.2 Å². The minimum Gasteiger partial charge on any atom is -0.345 e. The van der Waals surface area contributed by atoms with Crippen molar-refractivity contribution >= 4 is 39.9 Å². The molecule has 0 saturated carbocycles. The highest BCUT2D eigenvalue weighted by atomic mass is 33.1. The van der Waals surface area contributed by atoms with Gasteiger partial charge in [0.1, 0.15) is 5.03 Å². The summed E-state index contributed by atoms with van der Waals surface area (Å²) in [6.45, 7) is -0.273. The van der Waals surface area contributed by atoms with E-state index < -0.39 is 6.49 Å². The SMILES string of the molecule is CP(O)(=S)OCCCCCCSSc1ccccn1.